The molecular formula is C13H19N3O4S. The van der Waals surface area contributed by atoms with E-state index in [2.05, 4.69) is 5.32 Å². The number of nitrogens with zero attached hydrogens (tertiary/aromatic N) is 2. The molecule has 8 heteroatoms. The highest BCUT2D eigenvalue weighted by atomic mass is 32.2. The van der Waals surface area contributed by atoms with Crippen molar-refractivity contribution in [3.63, 3.8) is 0 Å². The molecule has 116 valence electrons. The summed E-state index contributed by atoms with van der Waals surface area (Å²) in [6.07, 6.45) is 2.00. The predicted octanol–water partition coefficient (Wildman–Crippen LogP) is 2.06. The van der Waals surface area contributed by atoms with Gasteiger partial charge in [-0.1, -0.05) is 0 Å². The Morgan fingerprint density at radius 3 is 2.52 bits per heavy atom. The van der Waals surface area contributed by atoms with Crippen molar-refractivity contribution < 1.29 is 13.3 Å². The summed E-state index contributed by atoms with van der Waals surface area (Å²) < 4.78 is 26.5. The van der Waals surface area contributed by atoms with Crippen LogP contribution in [0.25, 0.3) is 0 Å². The Bertz CT molecular complexity index is 655. The van der Waals surface area contributed by atoms with Crippen LogP contribution in [0.1, 0.15) is 19.8 Å². The highest BCUT2D eigenvalue weighted by Crippen LogP contribution is 2.37. The molecule has 1 aliphatic rings. The van der Waals surface area contributed by atoms with Crippen molar-refractivity contribution in [2.75, 3.05) is 19.4 Å². The maximum atomic E-state index is 12.6. The lowest BCUT2D eigenvalue weighted by atomic mass is 10.2. The SMILES string of the molecule is CNc1ccc(S(=O)(=O)N(C)C(C)C2CC2)c([N+](=O)[O-])c1. The molecule has 1 saturated carbocycles. The van der Waals surface area contributed by atoms with Crippen LogP contribution >= 0.6 is 0 Å². The Hall–Kier alpha value is -1.67. The first-order valence-corrected chi connectivity index (χ1v) is 8.17. The molecule has 0 heterocycles. The molecule has 0 aromatic heterocycles. The van der Waals surface area contributed by atoms with Crippen LogP contribution in [0.15, 0.2) is 23.1 Å². The van der Waals surface area contributed by atoms with Gasteiger partial charge in [-0.25, -0.2) is 8.42 Å². The third-order valence-corrected chi connectivity index (χ3v) is 5.97. The second-order valence-corrected chi connectivity index (χ2v) is 7.25. The molecule has 0 aliphatic heterocycles. The summed E-state index contributed by atoms with van der Waals surface area (Å²) in [7, 11) is -0.780. The zero-order valence-electron chi connectivity index (χ0n) is 12.2. The quantitative estimate of drug-likeness (QED) is 0.641. The molecule has 7 nitrogen and oxygen atoms in total. The number of nitro groups is 1. The minimum atomic E-state index is -3.88. The second-order valence-electron chi connectivity index (χ2n) is 5.29. The second kappa shape index (κ2) is 5.61. The van der Waals surface area contributed by atoms with Gasteiger partial charge in [-0.05, 0) is 37.8 Å². The first-order chi connectivity index (χ1) is 9.78. The lowest BCUT2D eigenvalue weighted by Gasteiger charge is -2.24. The highest BCUT2D eigenvalue weighted by molar-refractivity contribution is 7.89. The maximum absolute atomic E-state index is 12.6. The van der Waals surface area contributed by atoms with Crippen LogP contribution in [0.3, 0.4) is 0 Å². The Balaban J connectivity index is 2.45. The van der Waals surface area contributed by atoms with Crippen molar-refractivity contribution in [1.29, 1.82) is 0 Å². The molecule has 21 heavy (non-hydrogen) atoms. The summed E-state index contributed by atoms with van der Waals surface area (Å²) >= 11 is 0. The van der Waals surface area contributed by atoms with E-state index >= 15 is 0 Å². The highest BCUT2D eigenvalue weighted by Gasteiger charge is 2.38. The van der Waals surface area contributed by atoms with Crippen molar-refractivity contribution >= 4 is 21.4 Å². The van der Waals surface area contributed by atoms with Gasteiger partial charge in [0.15, 0.2) is 4.90 Å². The fourth-order valence-electron chi connectivity index (χ4n) is 2.28. The molecule has 0 radical (unpaired) electrons. The van der Waals surface area contributed by atoms with Crippen molar-refractivity contribution in [2.45, 2.75) is 30.7 Å². The molecule has 0 saturated heterocycles. The van der Waals surface area contributed by atoms with Gasteiger partial charge in [-0.3, -0.25) is 10.1 Å². The van der Waals surface area contributed by atoms with Crippen LogP contribution in [-0.2, 0) is 10.0 Å². The first-order valence-electron chi connectivity index (χ1n) is 6.73. The zero-order valence-corrected chi connectivity index (χ0v) is 13.1. The normalized spacial score (nSPS) is 16.8. The summed E-state index contributed by atoms with van der Waals surface area (Å²) in [4.78, 5) is 10.2. The van der Waals surface area contributed by atoms with E-state index in [1.165, 1.54) is 29.6 Å². The van der Waals surface area contributed by atoms with Crippen LogP contribution in [0.4, 0.5) is 11.4 Å². The van der Waals surface area contributed by atoms with Gasteiger partial charge in [0, 0.05) is 31.9 Å². The third kappa shape index (κ3) is 3.01. The lowest BCUT2D eigenvalue weighted by molar-refractivity contribution is -0.387. The molecule has 0 spiro atoms. The van der Waals surface area contributed by atoms with Gasteiger partial charge in [0.05, 0.1) is 4.92 Å². The number of anilines is 1. The van der Waals surface area contributed by atoms with E-state index in [0.717, 1.165) is 12.8 Å². The molecule has 1 aromatic carbocycles. The molecule has 0 bridgehead atoms. The minimum absolute atomic E-state index is 0.154. The Kier molecular flexibility index (Phi) is 4.20. The summed E-state index contributed by atoms with van der Waals surface area (Å²) in [5, 5.41) is 13.9. The zero-order chi connectivity index (χ0) is 15.8. The topological polar surface area (TPSA) is 92.6 Å². The molecule has 2 rings (SSSR count). The predicted molar refractivity (Wildman–Crippen MR) is 79.8 cm³/mol. The largest absolute Gasteiger partial charge is 0.388 e. The van der Waals surface area contributed by atoms with Gasteiger partial charge in [0.25, 0.3) is 5.69 Å². The average Bonchev–Trinajstić information content (AvgIpc) is 3.29. The average molecular weight is 313 g/mol. The third-order valence-electron chi connectivity index (χ3n) is 3.98. The molecular weight excluding hydrogens is 294 g/mol. The summed E-state index contributed by atoms with van der Waals surface area (Å²) in [5.41, 5.74) is 0.0928. The fourth-order valence-corrected chi connectivity index (χ4v) is 3.84. The first kappa shape index (κ1) is 15.7. The molecule has 1 fully saturated rings. The van der Waals surface area contributed by atoms with Crippen molar-refractivity contribution in [3.8, 4) is 0 Å². The van der Waals surface area contributed by atoms with Crippen LogP contribution in [0.5, 0.6) is 0 Å². The summed E-state index contributed by atoms with van der Waals surface area (Å²) in [5.74, 6) is 0.348. The van der Waals surface area contributed by atoms with Crippen molar-refractivity contribution in [1.82, 2.24) is 4.31 Å². The van der Waals surface area contributed by atoms with Gasteiger partial charge in [0.2, 0.25) is 10.0 Å². The molecule has 0 amide bonds. The van der Waals surface area contributed by atoms with Crippen LogP contribution in [-0.4, -0.2) is 37.8 Å². The molecule has 1 atom stereocenters. The number of benzene rings is 1. The Morgan fingerprint density at radius 1 is 1.43 bits per heavy atom. The van der Waals surface area contributed by atoms with Gasteiger partial charge in [-0.15, -0.1) is 0 Å². The number of hydrogen-bond acceptors (Lipinski definition) is 5. The van der Waals surface area contributed by atoms with Crippen LogP contribution in [0.2, 0.25) is 0 Å². The minimum Gasteiger partial charge on any atom is -0.388 e. The van der Waals surface area contributed by atoms with Crippen LogP contribution < -0.4 is 5.32 Å². The van der Waals surface area contributed by atoms with Crippen LogP contribution in [0, 0.1) is 16.0 Å². The summed E-state index contributed by atoms with van der Waals surface area (Å²) in [6, 6.07) is 3.89. The summed E-state index contributed by atoms with van der Waals surface area (Å²) in [6.45, 7) is 1.84. The van der Waals surface area contributed by atoms with Gasteiger partial charge in [0.1, 0.15) is 0 Å². The lowest BCUT2D eigenvalue weighted by Crippen LogP contribution is -2.36. The van der Waals surface area contributed by atoms with E-state index in [0.29, 0.717) is 11.6 Å². The molecule has 1 N–H and O–H groups in total. The molecule has 1 aliphatic carbocycles. The van der Waals surface area contributed by atoms with Gasteiger partial charge in [-0.2, -0.15) is 4.31 Å². The van der Waals surface area contributed by atoms with Crippen molar-refractivity contribution in [2.24, 2.45) is 5.92 Å². The number of sulfonamides is 1. The number of rotatable bonds is 6. The van der Waals surface area contributed by atoms with Gasteiger partial charge < -0.3 is 5.32 Å². The van der Waals surface area contributed by atoms with E-state index in [-0.39, 0.29) is 10.9 Å². The van der Waals surface area contributed by atoms with E-state index in [9.17, 15) is 18.5 Å². The van der Waals surface area contributed by atoms with Crippen molar-refractivity contribution in [3.05, 3.63) is 28.3 Å². The Labute approximate surface area is 124 Å². The molecule has 1 unspecified atom stereocenters. The van der Waals surface area contributed by atoms with E-state index < -0.39 is 20.6 Å². The van der Waals surface area contributed by atoms with E-state index in [1.807, 2.05) is 6.92 Å². The number of hydrogen-bond donors (Lipinski definition) is 1. The maximum Gasteiger partial charge on any atom is 0.291 e. The fraction of sp³-hybridized carbons (Fsp3) is 0.538. The van der Waals surface area contributed by atoms with E-state index in [1.54, 1.807) is 7.05 Å². The van der Waals surface area contributed by atoms with E-state index in [4.69, 9.17) is 0 Å². The number of nitrogens with one attached hydrogen (secondary N) is 1. The smallest absolute Gasteiger partial charge is 0.291 e. The monoisotopic (exact) mass is 313 g/mol. The standard InChI is InChI=1S/C13H19N3O4S/c1-9(10-4-5-10)15(3)21(19,20)13-7-6-11(14-2)8-12(13)16(17)18/h6-10,14H,4-5H2,1-3H3. The molecule has 1 aromatic rings. The van der Waals surface area contributed by atoms with Gasteiger partial charge >= 0.3 is 0 Å². The number of nitro benzene ring substituents is 1. The Morgan fingerprint density at radius 2 is 2.05 bits per heavy atom.